The van der Waals surface area contributed by atoms with E-state index in [1.165, 1.54) is 35.0 Å². The lowest BCUT2D eigenvalue weighted by atomic mass is 10.1. The molecule has 1 aromatic heterocycles. The number of para-hydroxylation sites is 1. The van der Waals surface area contributed by atoms with Crippen LogP contribution in [0.1, 0.15) is 24.1 Å². The molecule has 0 amide bonds. The van der Waals surface area contributed by atoms with Crippen molar-refractivity contribution < 1.29 is 0 Å². The summed E-state index contributed by atoms with van der Waals surface area (Å²) in [7, 11) is 2.21. The van der Waals surface area contributed by atoms with Crippen molar-refractivity contribution >= 4 is 10.9 Å². The zero-order chi connectivity index (χ0) is 13.5. The van der Waals surface area contributed by atoms with Gasteiger partial charge in [-0.2, -0.15) is 0 Å². The molecular weight excluding hydrogens is 234 g/mol. The third-order valence-electron chi connectivity index (χ3n) is 4.45. The number of aromatic amines is 1. The Morgan fingerprint density at radius 2 is 2.05 bits per heavy atom. The Morgan fingerprint density at radius 3 is 2.74 bits per heavy atom. The number of rotatable bonds is 5. The fourth-order valence-electron chi connectivity index (χ4n) is 3.04. The number of hydrogen-bond acceptors (Lipinski definition) is 2. The Labute approximate surface area is 114 Å². The van der Waals surface area contributed by atoms with E-state index in [0.29, 0.717) is 5.41 Å². The number of nitrogens with two attached hydrogens (primary N) is 1. The Balaban J connectivity index is 1.79. The zero-order valence-corrected chi connectivity index (χ0v) is 11.9. The van der Waals surface area contributed by atoms with Crippen LogP contribution >= 0.6 is 0 Å². The molecule has 3 heteroatoms. The maximum atomic E-state index is 5.88. The molecule has 0 saturated heterocycles. The van der Waals surface area contributed by atoms with E-state index in [1.807, 2.05) is 0 Å². The maximum absolute atomic E-state index is 5.88. The third-order valence-corrected chi connectivity index (χ3v) is 4.45. The highest BCUT2D eigenvalue weighted by atomic mass is 15.1. The third kappa shape index (κ3) is 2.40. The van der Waals surface area contributed by atoms with E-state index in [1.54, 1.807) is 0 Å². The summed E-state index contributed by atoms with van der Waals surface area (Å²) in [5.41, 5.74) is 10.2. The van der Waals surface area contributed by atoms with Crippen molar-refractivity contribution in [3.63, 3.8) is 0 Å². The molecule has 0 unspecified atom stereocenters. The lowest BCUT2D eigenvalue weighted by molar-refractivity contribution is 0.260. The van der Waals surface area contributed by atoms with Gasteiger partial charge in [-0.3, -0.25) is 0 Å². The van der Waals surface area contributed by atoms with Gasteiger partial charge in [-0.25, -0.2) is 0 Å². The van der Waals surface area contributed by atoms with Crippen LogP contribution in [0.2, 0.25) is 0 Å². The molecule has 2 aromatic rings. The van der Waals surface area contributed by atoms with Gasteiger partial charge in [0.25, 0.3) is 0 Å². The van der Waals surface area contributed by atoms with Crippen LogP contribution in [0, 0.1) is 12.3 Å². The van der Waals surface area contributed by atoms with Crippen LogP contribution in [-0.4, -0.2) is 30.0 Å². The number of nitrogens with one attached hydrogen (secondary N) is 1. The van der Waals surface area contributed by atoms with Gasteiger partial charge in [0, 0.05) is 29.7 Å². The topological polar surface area (TPSA) is 45.0 Å². The van der Waals surface area contributed by atoms with Gasteiger partial charge in [-0.15, -0.1) is 0 Å². The van der Waals surface area contributed by atoms with Crippen molar-refractivity contribution in [2.75, 3.05) is 20.1 Å². The van der Waals surface area contributed by atoms with Crippen molar-refractivity contribution in [1.82, 2.24) is 9.88 Å². The molecule has 0 atom stereocenters. The van der Waals surface area contributed by atoms with Crippen LogP contribution in [0.15, 0.2) is 24.3 Å². The molecule has 0 radical (unpaired) electrons. The highest BCUT2D eigenvalue weighted by Gasteiger charge is 2.41. The SMILES string of the molecule is Cc1[nH]c2ccccc2c1CN(C)CC1(CN)CC1. The molecule has 1 saturated carbocycles. The van der Waals surface area contributed by atoms with Gasteiger partial charge < -0.3 is 15.6 Å². The Morgan fingerprint density at radius 1 is 1.32 bits per heavy atom. The van der Waals surface area contributed by atoms with Crippen LogP contribution in [-0.2, 0) is 6.54 Å². The number of aromatic nitrogens is 1. The first-order valence-electron chi connectivity index (χ1n) is 7.08. The van der Waals surface area contributed by atoms with E-state index in [4.69, 9.17) is 5.73 Å². The zero-order valence-electron chi connectivity index (χ0n) is 11.9. The molecule has 19 heavy (non-hydrogen) atoms. The van der Waals surface area contributed by atoms with Crippen molar-refractivity contribution in [3.05, 3.63) is 35.5 Å². The molecule has 1 aliphatic rings. The highest BCUT2D eigenvalue weighted by molar-refractivity contribution is 5.84. The first-order valence-corrected chi connectivity index (χ1v) is 7.08. The van der Waals surface area contributed by atoms with Gasteiger partial charge >= 0.3 is 0 Å². The Hall–Kier alpha value is -1.32. The Bertz CT molecular complexity index is 581. The molecule has 1 aromatic carbocycles. The summed E-state index contributed by atoms with van der Waals surface area (Å²) in [5, 5.41) is 1.35. The number of fused-ring (bicyclic) bond motifs is 1. The molecule has 0 bridgehead atoms. The molecule has 3 N–H and O–H groups in total. The van der Waals surface area contributed by atoms with Crippen LogP contribution in [0.5, 0.6) is 0 Å². The second kappa shape index (κ2) is 4.66. The molecule has 0 spiro atoms. The summed E-state index contributed by atoms with van der Waals surface area (Å²) in [6.45, 7) is 5.10. The van der Waals surface area contributed by atoms with Gasteiger partial charge in [0.2, 0.25) is 0 Å². The largest absolute Gasteiger partial charge is 0.358 e. The summed E-state index contributed by atoms with van der Waals surface area (Å²) in [6.07, 6.45) is 2.58. The van der Waals surface area contributed by atoms with Crippen LogP contribution in [0.4, 0.5) is 0 Å². The summed E-state index contributed by atoms with van der Waals surface area (Å²) < 4.78 is 0. The molecular formula is C16H23N3. The first kappa shape index (κ1) is 12.7. The summed E-state index contributed by atoms with van der Waals surface area (Å²) in [5.74, 6) is 0. The normalized spacial score (nSPS) is 17.3. The average molecular weight is 257 g/mol. The summed E-state index contributed by atoms with van der Waals surface area (Å²) in [4.78, 5) is 5.89. The van der Waals surface area contributed by atoms with Crippen LogP contribution in [0.25, 0.3) is 10.9 Å². The first-order chi connectivity index (χ1) is 9.13. The highest BCUT2D eigenvalue weighted by Crippen LogP contribution is 2.45. The monoisotopic (exact) mass is 257 g/mol. The summed E-state index contributed by atoms with van der Waals surface area (Å²) in [6, 6.07) is 8.55. The Kier molecular flexibility index (Phi) is 3.11. The number of aryl methyl sites for hydroxylation is 1. The van der Waals surface area contributed by atoms with Crippen LogP contribution < -0.4 is 5.73 Å². The molecule has 1 fully saturated rings. The van der Waals surface area contributed by atoms with E-state index in [9.17, 15) is 0 Å². The van der Waals surface area contributed by atoms with Gasteiger partial charge in [0.15, 0.2) is 0 Å². The number of H-pyrrole nitrogens is 1. The van der Waals surface area contributed by atoms with E-state index < -0.39 is 0 Å². The lowest BCUT2D eigenvalue weighted by Gasteiger charge is -2.22. The van der Waals surface area contributed by atoms with Gasteiger partial charge in [-0.1, -0.05) is 18.2 Å². The predicted molar refractivity (Wildman–Crippen MR) is 80.1 cm³/mol. The molecule has 102 valence electrons. The van der Waals surface area contributed by atoms with Gasteiger partial charge in [-0.05, 0) is 50.4 Å². The van der Waals surface area contributed by atoms with Gasteiger partial charge in [0.1, 0.15) is 0 Å². The molecule has 0 aliphatic heterocycles. The average Bonchev–Trinajstić information content (AvgIpc) is 3.10. The number of nitrogens with zero attached hydrogens (tertiary/aromatic N) is 1. The van der Waals surface area contributed by atoms with Crippen molar-refractivity contribution in [2.45, 2.75) is 26.3 Å². The minimum atomic E-state index is 0.411. The minimum Gasteiger partial charge on any atom is -0.358 e. The van der Waals surface area contributed by atoms with Gasteiger partial charge in [0.05, 0.1) is 0 Å². The van der Waals surface area contributed by atoms with E-state index in [-0.39, 0.29) is 0 Å². The summed E-state index contributed by atoms with van der Waals surface area (Å²) >= 11 is 0. The number of hydrogen-bond donors (Lipinski definition) is 2. The van der Waals surface area contributed by atoms with Crippen LogP contribution in [0.3, 0.4) is 0 Å². The number of benzene rings is 1. The second-order valence-electron chi connectivity index (χ2n) is 6.15. The minimum absolute atomic E-state index is 0.411. The predicted octanol–water partition coefficient (Wildman–Crippen LogP) is 2.65. The molecule has 3 nitrogen and oxygen atoms in total. The van der Waals surface area contributed by atoms with E-state index >= 15 is 0 Å². The molecule has 1 heterocycles. The fourth-order valence-corrected chi connectivity index (χ4v) is 3.04. The standard InChI is InChI=1S/C16H23N3/c1-12-14(13-5-3-4-6-15(13)18-12)9-19(2)11-16(10-17)7-8-16/h3-6,18H,7-11,17H2,1-2H3. The van der Waals surface area contributed by atoms with Crippen molar-refractivity contribution in [3.8, 4) is 0 Å². The molecule has 3 rings (SSSR count). The lowest BCUT2D eigenvalue weighted by Crippen LogP contribution is -2.31. The quantitative estimate of drug-likeness (QED) is 0.865. The fraction of sp³-hybridized carbons (Fsp3) is 0.500. The maximum Gasteiger partial charge on any atom is 0.0459 e. The van der Waals surface area contributed by atoms with E-state index in [0.717, 1.165) is 19.6 Å². The molecule has 1 aliphatic carbocycles. The van der Waals surface area contributed by atoms with Crippen molar-refractivity contribution in [2.24, 2.45) is 11.1 Å². The second-order valence-corrected chi connectivity index (χ2v) is 6.15. The van der Waals surface area contributed by atoms with E-state index in [2.05, 4.69) is 48.1 Å². The van der Waals surface area contributed by atoms with Crippen molar-refractivity contribution in [1.29, 1.82) is 0 Å². The smallest absolute Gasteiger partial charge is 0.0459 e.